The van der Waals surface area contributed by atoms with Crippen molar-refractivity contribution < 1.29 is 4.79 Å². The Labute approximate surface area is 102 Å². The van der Waals surface area contributed by atoms with Gasteiger partial charge in [0.15, 0.2) is 0 Å². The fourth-order valence-electron chi connectivity index (χ4n) is 1.46. The third-order valence-electron chi connectivity index (χ3n) is 2.20. The summed E-state index contributed by atoms with van der Waals surface area (Å²) in [5.74, 6) is 0.821. The fourth-order valence-corrected chi connectivity index (χ4v) is 1.73. The second-order valence-electron chi connectivity index (χ2n) is 3.63. The van der Waals surface area contributed by atoms with Crippen molar-refractivity contribution in [2.75, 3.05) is 0 Å². The summed E-state index contributed by atoms with van der Waals surface area (Å²) in [5.41, 5.74) is 1.99. The number of aromatic amines is 1. The largest absolute Gasteiger partial charge is 0.342 e. The molecule has 82 valence electrons. The summed E-state index contributed by atoms with van der Waals surface area (Å²) < 4.78 is 1.04. The first-order valence-electron chi connectivity index (χ1n) is 4.94. The van der Waals surface area contributed by atoms with Crippen LogP contribution in [0.2, 0.25) is 0 Å². The summed E-state index contributed by atoms with van der Waals surface area (Å²) >= 11 is 3.39. The highest BCUT2D eigenvalue weighted by atomic mass is 79.9. The number of carbonyl (C=O) groups is 1. The lowest BCUT2D eigenvalue weighted by Gasteiger charge is -1.97. The van der Waals surface area contributed by atoms with Crippen LogP contribution in [0, 0.1) is 0 Å². The quantitative estimate of drug-likeness (QED) is 0.938. The summed E-state index contributed by atoms with van der Waals surface area (Å²) in [7, 11) is 0. The van der Waals surface area contributed by atoms with Gasteiger partial charge in [-0.1, -0.05) is 28.1 Å². The monoisotopic (exact) mass is 278 g/mol. The number of imidazole rings is 1. The van der Waals surface area contributed by atoms with Crippen LogP contribution in [0.15, 0.2) is 34.9 Å². The number of aromatic nitrogens is 2. The van der Waals surface area contributed by atoms with Crippen molar-refractivity contribution in [2.24, 2.45) is 0 Å². The molecular formula is C12H11BrN2O. The summed E-state index contributed by atoms with van der Waals surface area (Å²) in [4.78, 5) is 18.2. The maximum Gasteiger partial charge on any atom is 0.137 e. The molecule has 3 nitrogen and oxygen atoms in total. The van der Waals surface area contributed by atoms with E-state index < -0.39 is 0 Å². The Morgan fingerprint density at radius 1 is 1.38 bits per heavy atom. The highest BCUT2D eigenvalue weighted by Gasteiger charge is 2.04. The number of benzene rings is 1. The molecule has 0 aliphatic heterocycles. The minimum atomic E-state index is 0.108. The lowest BCUT2D eigenvalue weighted by Crippen LogP contribution is -1.97. The summed E-state index contributed by atoms with van der Waals surface area (Å²) in [6, 6.07) is 7.94. The van der Waals surface area contributed by atoms with E-state index in [2.05, 4.69) is 25.9 Å². The van der Waals surface area contributed by atoms with Crippen molar-refractivity contribution in [1.82, 2.24) is 9.97 Å². The number of hydrogen-bond donors (Lipinski definition) is 1. The average Bonchev–Trinajstić information content (AvgIpc) is 2.66. The Morgan fingerprint density at radius 3 is 2.69 bits per heavy atom. The molecule has 4 heteroatoms. The lowest BCUT2D eigenvalue weighted by atomic mass is 10.2. The van der Waals surface area contributed by atoms with Crippen molar-refractivity contribution in [1.29, 1.82) is 0 Å². The topological polar surface area (TPSA) is 45.8 Å². The van der Waals surface area contributed by atoms with Gasteiger partial charge in [0.1, 0.15) is 11.6 Å². The second kappa shape index (κ2) is 4.61. The summed E-state index contributed by atoms with van der Waals surface area (Å²) in [6.07, 6.45) is 2.11. The van der Waals surface area contributed by atoms with Crippen LogP contribution in [-0.2, 0) is 11.2 Å². The molecule has 0 saturated heterocycles. The Hall–Kier alpha value is -1.42. The first-order valence-corrected chi connectivity index (χ1v) is 5.74. The van der Waals surface area contributed by atoms with E-state index in [4.69, 9.17) is 0 Å². The van der Waals surface area contributed by atoms with Crippen LogP contribution in [-0.4, -0.2) is 15.8 Å². The Bertz CT molecular complexity index is 502. The van der Waals surface area contributed by atoms with Crippen LogP contribution in [0.3, 0.4) is 0 Å². The maximum atomic E-state index is 10.9. The van der Waals surface area contributed by atoms with Gasteiger partial charge in [0.05, 0.1) is 18.3 Å². The van der Waals surface area contributed by atoms with E-state index >= 15 is 0 Å². The minimum Gasteiger partial charge on any atom is -0.342 e. The van der Waals surface area contributed by atoms with Gasteiger partial charge in [-0.2, -0.15) is 0 Å². The minimum absolute atomic E-state index is 0.108. The van der Waals surface area contributed by atoms with Gasteiger partial charge < -0.3 is 4.98 Å². The van der Waals surface area contributed by atoms with Gasteiger partial charge >= 0.3 is 0 Å². The van der Waals surface area contributed by atoms with E-state index in [1.54, 1.807) is 13.1 Å². The van der Waals surface area contributed by atoms with Crippen LogP contribution in [0.5, 0.6) is 0 Å². The number of nitrogens with one attached hydrogen (secondary N) is 1. The fraction of sp³-hybridized carbons (Fsp3) is 0.167. The van der Waals surface area contributed by atoms with Gasteiger partial charge in [-0.25, -0.2) is 4.98 Å². The van der Waals surface area contributed by atoms with Gasteiger partial charge in [0.25, 0.3) is 0 Å². The Balaban J connectivity index is 2.24. The maximum absolute atomic E-state index is 10.9. The molecule has 0 radical (unpaired) electrons. The number of hydrogen-bond acceptors (Lipinski definition) is 2. The van der Waals surface area contributed by atoms with Crippen LogP contribution >= 0.6 is 15.9 Å². The standard InChI is InChI=1S/C12H11BrN2O/c1-8(16)6-12-14-7-11(15-12)9-2-4-10(13)5-3-9/h2-5,7H,6H2,1H3,(H,14,15). The van der Waals surface area contributed by atoms with Gasteiger partial charge in [-0.15, -0.1) is 0 Å². The molecular weight excluding hydrogens is 268 g/mol. The zero-order valence-electron chi connectivity index (χ0n) is 8.83. The predicted octanol–water partition coefficient (Wildman–Crippen LogP) is 2.97. The zero-order valence-corrected chi connectivity index (χ0v) is 10.4. The van der Waals surface area contributed by atoms with Gasteiger partial charge in [0.2, 0.25) is 0 Å². The first-order chi connectivity index (χ1) is 7.65. The number of halogens is 1. The SMILES string of the molecule is CC(=O)Cc1ncc(-c2ccc(Br)cc2)[nH]1. The summed E-state index contributed by atoms with van der Waals surface area (Å²) in [6.45, 7) is 1.56. The smallest absolute Gasteiger partial charge is 0.137 e. The number of carbonyl (C=O) groups excluding carboxylic acids is 1. The van der Waals surface area contributed by atoms with E-state index in [1.807, 2.05) is 24.3 Å². The predicted molar refractivity (Wildman–Crippen MR) is 66.1 cm³/mol. The molecule has 1 heterocycles. The molecule has 0 atom stereocenters. The molecule has 1 N–H and O–H groups in total. The first kappa shape index (κ1) is 11.1. The van der Waals surface area contributed by atoms with Crippen molar-refractivity contribution in [3.8, 4) is 11.3 Å². The van der Waals surface area contributed by atoms with Crippen LogP contribution in [0.25, 0.3) is 11.3 Å². The number of Topliss-reactive ketones (excluding diaryl/α,β-unsaturated/α-hetero) is 1. The van der Waals surface area contributed by atoms with E-state index in [1.165, 1.54) is 0 Å². The molecule has 1 aromatic carbocycles. The Kier molecular flexibility index (Phi) is 3.19. The van der Waals surface area contributed by atoms with Gasteiger partial charge in [-0.3, -0.25) is 4.79 Å². The van der Waals surface area contributed by atoms with Crippen molar-refractivity contribution in [2.45, 2.75) is 13.3 Å². The molecule has 0 aliphatic carbocycles. The molecule has 16 heavy (non-hydrogen) atoms. The number of rotatable bonds is 3. The van der Waals surface area contributed by atoms with Crippen LogP contribution < -0.4 is 0 Å². The Morgan fingerprint density at radius 2 is 2.06 bits per heavy atom. The van der Waals surface area contributed by atoms with Crippen molar-refractivity contribution in [3.05, 3.63) is 40.8 Å². The van der Waals surface area contributed by atoms with E-state index in [9.17, 15) is 4.79 Å². The van der Waals surface area contributed by atoms with Crippen molar-refractivity contribution >= 4 is 21.7 Å². The lowest BCUT2D eigenvalue weighted by molar-refractivity contribution is -0.116. The molecule has 0 aliphatic rings. The molecule has 0 fully saturated rings. The second-order valence-corrected chi connectivity index (χ2v) is 4.54. The summed E-state index contributed by atoms with van der Waals surface area (Å²) in [5, 5.41) is 0. The third kappa shape index (κ3) is 2.58. The van der Waals surface area contributed by atoms with Crippen LogP contribution in [0.1, 0.15) is 12.7 Å². The molecule has 0 spiro atoms. The molecule has 0 bridgehead atoms. The van der Waals surface area contributed by atoms with Gasteiger partial charge in [0, 0.05) is 4.47 Å². The molecule has 2 rings (SSSR count). The van der Waals surface area contributed by atoms with Crippen LogP contribution in [0.4, 0.5) is 0 Å². The average molecular weight is 279 g/mol. The molecule has 0 amide bonds. The zero-order chi connectivity index (χ0) is 11.5. The van der Waals surface area contributed by atoms with Crippen molar-refractivity contribution in [3.63, 3.8) is 0 Å². The normalized spacial score (nSPS) is 10.4. The molecule has 0 saturated carbocycles. The third-order valence-corrected chi connectivity index (χ3v) is 2.73. The molecule has 2 aromatic rings. The number of ketones is 1. The molecule has 0 unspecified atom stereocenters. The number of nitrogens with zero attached hydrogens (tertiary/aromatic N) is 1. The highest BCUT2D eigenvalue weighted by molar-refractivity contribution is 9.10. The number of H-pyrrole nitrogens is 1. The molecule has 1 aromatic heterocycles. The van der Waals surface area contributed by atoms with E-state index in [0.29, 0.717) is 12.2 Å². The van der Waals surface area contributed by atoms with Gasteiger partial charge in [-0.05, 0) is 24.6 Å². The van der Waals surface area contributed by atoms with E-state index in [0.717, 1.165) is 15.7 Å². The van der Waals surface area contributed by atoms with E-state index in [-0.39, 0.29) is 5.78 Å². The highest BCUT2D eigenvalue weighted by Crippen LogP contribution is 2.19.